The van der Waals surface area contributed by atoms with E-state index in [2.05, 4.69) is 10.1 Å². The summed E-state index contributed by atoms with van der Waals surface area (Å²) in [6.45, 7) is 0.205. The van der Waals surface area contributed by atoms with Gasteiger partial charge in [-0.15, -0.1) is 0 Å². The molecule has 3 rings (SSSR count). The molecular weight excluding hydrogens is 244 g/mol. The van der Waals surface area contributed by atoms with E-state index < -0.39 is 0 Å². The molecule has 0 aliphatic carbocycles. The van der Waals surface area contributed by atoms with Gasteiger partial charge in [0.25, 0.3) is 0 Å². The monoisotopic (exact) mass is 258 g/mol. The summed E-state index contributed by atoms with van der Waals surface area (Å²) in [5.74, 6) is 0.957. The van der Waals surface area contributed by atoms with Crippen LogP contribution in [0.5, 0.6) is 0 Å². The van der Waals surface area contributed by atoms with Crippen molar-refractivity contribution in [3.05, 3.63) is 29.7 Å². The van der Waals surface area contributed by atoms with Crippen LogP contribution < -0.4 is 10.6 Å². The SMILES string of the molecule is CN1C(=O)CCc2cccc(-c3noc(CN)n3)c21. The van der Waals surface area contributed by atoms with Crippen molar-refractivity contribution in [2.24, 2.45) is 5.73 Å². The molecule has 0 saturated carbocycles. The van der Waals surface area contributed by atoms with Gasteiger partial charge in [-0.25, -0.2) is 0 Å². The Labute approximate surface area is 110 Å². The fourth-order valence-corrected chi connectivity index (χ4v) is 2.35. The number of aromatic nitrogens is 2. The number of carbonyl (C=O) groups excluding carboxylic acids is 1. The summed E-state index contributed by atoms with van der Waals surface area (Å²) in [5, 5.41) is 3.92. The molecule has 98 valence electrons. The van der Waals surface area contributed by atoms with Gasteiger partial charge in [0.2, 0.25) is 17.6 Å². The molecule has 19 heavy (non-hydrogen) atoms. The number of nitrogens with zero attached hydrogens (tertiary/aromatic N) is 3. The number of benzene rings is 1. The van der Waals surface area contributed by atoms with Crippen molar-refractivity contribution in [2.75, 3.05) is 11.9 Å². The molecule has 0 saturated heterocycles. The molecule has 1 aliphatic heterocycles. The van der Waals surface area contributed by atoms with E-state index in [4.69, 9.17) is 10.3 Å². The van der Waals surface area contributed by atoms with Crippen LogP contribution in [0, 0.1) is 0 Å². The highest BCUT2D eigenvalue weighted by Gasteiger charge is 2.25. The molecule has 1 aromatic heterocycles. The van der Waals surface area contributed by atoms with Gasteiger partial charge in [-0.1, -0.05) is 17.3 Å². The maximum Gasteiger partial charge on any atom is 0.240 e. The lowest BCUT2D eigenvalue weighted by Gasteiger charge is -2.27. The molecule has 2 N–H and O–H groups in total. The second kappa shape index (κ2) is 4.47. The maximum absolute atomic E-state index is 11.8. The number of hydrogen-bond acceptors (Lipinski definition) is 5. The van der Waals surface area contributed by atoms with E-state index in [1.165, 1.54) is 0 Å². The Morgan fingerprint density at radius 1 is 1.42 bits per heavy atom. The van der Waals surface area contributed by atoms with Gasteiger partial charge in [0.15, 0.2) is 0 Å². The van der Waals surface area contributed by atoms with Crippen LogP contribution in [0.15, 0.2) is 22.7 Å². The van der Waals surface area contributed by atoms with Crippen LogP contribution in [0.25, 0.3) is 11.4 Å². The second-order valence-electron chi connectivity index (χ2n) is 4.48. The quantitative estimate of drug-likeness (QED) is 0.872. The molecule has 0 spiro atoms. The summed E-state index contributed by atoms with van der Waals surface area (Å²) in [4.78, 5) is 17.7. The number of amides is 1. The molecule has 6 heteroatoms. The molecule has 1 aliphatic rings. The Balaban J connectivity index is 2.14. The van der Waals surface area contributed by atoms with Crippen molar-refractivity contribution in [2.45, 2.75) is 19.4 Å². The molecule has 0 fully saturated rings. The number of carbonyl (C=O) groups is 1. The molecule has 0 radical (unpaired) electrons. The summed E-state index contributed by atoms with van der Waals surface area (Å²) >= 11 is 0. The highest BCUT2D eigenvalue weighted by Crippen LogP contribution is 2.35. The molecule has 0 unspecified atom stereocenters. The van der Waals surface area contributed by atoms with Crippen LogP contribution >= 0.6 is 0 Å². The minimum Gasteiger partial charge on any atom is -0.338 e. The number of fused-ring (bicyclic) bond motifs is 1. The van der Waals surface area contributed by atoms with Crippen LogP contribution in [0.1, 0.15) is 17.9 Å². The van der Waals surface area contributed by atoms with E-state index in [1.807, 2.05) is 18.2 Å². The van der Waals surface area contributed by atoms with Gasteiger partial charge in [0.1, 0.15) is 0 Å². The molecule has 1 amide bonds. The Hall–Kier alpha value is -2.21. The zero-order chi connectivity index (χ0) is 13.4. The minimum atomic E-state index is 0.0995. The highest BCUT2D eigenvalue weighted by molar-refractivity contribution is 5.99. The average Bonchev–Trinajstić information content (AvgIpc) is 2.91. The fraction of sp³-hybridized carbons (Fsp3) is 0.308. The van der Waals surface area contributed by atoms with Gasteiger partial charge in [-0.2, -0.15) is 4.98 Å². The van der Waals surface area contributed by atoms with Gasteiger partial charge in [-0.05, 0) is 18.1 Å². The van der Waals surface area contributed by atoms with Crippen molar-refractivity contribution < 1.29 is 9.32 Å². The highest BCUT2D eigenvalue weighted by atomic mass is 16.5. The van der Waals surface area contributed by atoms with Gasteiger partial charge < -0.3 is 15.2 Å². The van der Waals surface area contributed by atoms with E-state index >= 15 is 0 Å². The summed E-state index contributed by atoms with van der Waals surface area (Å²) in [5.41, 5.74) is 8.26. The van der Waals surface area contributed by atoms with Gasteiger partial charge >= 0.3 is 0 Å². The largest absolute Gasteiger partial charge is 0.338 e. The van der Waals surface area contributed by atoms with Crippen LogP contribution in [0.4, 0.5) is 5.69 Å². The first-order valence-electron chi connectivity index (χ1n) is 6.12. The first-order chi connectivity index (χ1) is 9.20. The Kier molecular flexibility index (Phi) is 2.79. The van der Waals surface area contributed by atoms with Crippen molar-refractivity contribution in [3.63, 3.8) is 0 Å². The Morgan fingerprint density at radius 3 is 3.00 bits per heavy atom. The first kappa shape index (κ1) is 11.9. The maximum atomic E-state index is 11.8. The molecule has 1 aromatic carbocycles. The van der Waals surface area contributed by atoms with Gasteiger partial charge in [0, 0.05) is 19.0 Å². The normalized spacial score (nSPS) is 14.6. The van der Waals surface area contributed by atoms with Gasteiger partial charge in [0.05, 0.1) is 12.2 Å². The fourth-order valence-electron chi connectivity index (χ4n) is 2.35. The Morgan fingerprint density at radius 2 is 2.26 bits per heavy atom. The smallest absolute Gasteiger partial charge is 0.240 e. The topological polar surface area (TPSA) is 85.2 Å². The number of rotatable bonds is 2. The predicted octanol–water partition coefficient (Wildman–Crippen LogP) is 1.10. The summed E-state index contributed by atoms with van der Waals surface area (Å²) < 4.78 is 5.03. The predicted molar refractivity (Wildman–Crippen MR) is 69.4 cm³/mol. The third kappa shape index (κ3) is 1.90. The average molecular weight is 258 g/mol. The van der Waals surface area contributed by atoms with Crippen molar-refractivity contribution in [3.8, 4) is 11.4 Å². The van der Waals surface area contributed by atoms with Gasteiger partial charge in [-0.3, -0.25) is 4.79 Å². The summed E-state index contributed by atoms with van der Waals surface area (Å²) in [6.07, 6.45) is 1.28. The molecule has 0 atom stereocenters. The van der Waals surface area contributed by atoms with Crippen molar-refractivity contribution in [1.29, 1.82) is 0 Å². The minimum absolute atomic E-state index is 0.0995. The summed E-state index contributed by atoms with van der Waals surface area (Å²) in [6, 6.07) is 5.85. The first-order valence-corrected chi connectivity index (χ1v) is 6.12. The number of hydrogen-bond donors (Lipinski definition) is 1. The van der Waals surface area contributed by atoms with Crippen LogP contribution in [0.3, 0.4) is 0 Å². The van der Waals surface area contributed by atoms with E-state index in [0.29, 0.717) is 18.1 Å². The zero-order valence-electron chi connectivity index (χ0n) is 10.6. The molecule has 0 bridgehead atoms. The van der Waals surface area contributed by atoms with Crippen molar-refractivity contribution in [1.82, 2.24) is 10.1 Å². The molecule has 2 aromatic rings. The number of anilines is 1. The lowest BCUT2D eigenvalue weighted by Crippen LogP contribution is -2.31. The van der Waals surface area contributed by atoms with Crippen LogP contribution in [0.2, 0.25) is 0 Å². The van der Waals surface area contributed by atoms with E-state index in [9.17, 15) is 4.79 Å². The number of nitrogens with two attached hydrogens (primary N) is 1. The van der Waals surface area contributed by atoms with Crippen LogP contribution in [-0.4, -0.2) is 23.1 Å². The lowest BCUT2D eigenvalue weighted by atomic mass is 9.97. The molecule has 2 heterocycles. The zero-order valence-corrected chi connectivity index (χ0v) is 10.6. The van der Waals surface area contributed by atoms with Crippen molar-refractivity contribution >= 4 is 11.6 Å². The molecule has 6 nitrogen and oxygen atoms in total. The third-order valence-electron chi connectivity index (χ3n) is 3.32. The lowest BCUT2D eigenvalue weighted by molar-refractivity contribution is -0.118. The van der Waals surface area contributed by atoms with E-state index in [1.54, 1.807) is 11.9 Å². The summed E-state index contributed by atoms with van der Waals surface area (Å²) in [7, 11) is 1.77. The number of para-hydroxylation sites is 1. The second-order valence-corrected chi connectivity index (χ2v) is 4.48. The third-order valence-corrected chi connectivity index (χ3v) is 3.32. The van der Waals surface area contributed by atoms with Crippen LogP contribution in [-0.2, 0) is 17.8 Å². The van der Waals surface area contributed by atoms with E-state index in [-0.39, 0.29) is 12.5 Å². The Bertz CT molecular complexity index is 635. The van der Waals surface area contributed by atoms with E-state index in [0.717, 1.165) is 23.2 Å². The number of aryl methyl sites for hydroxylation is 1. The molecular formula is C13H14N4O2. The standard InChI is InChI=1S/C13H14N4O2/c1-17-11(18)6-5-8-3-2-4-9(12(8)17)13-15-10(7-14)19-16-13/h2-4H,5-7,14H2,1H3.